The summed E-state index contributed by atoms with van der Waals surface area (Å²) >= 11 is 0. The van der Waals surface area contributed by atoms with Crippen LogP contribution in [0.5, 0.6) is 0 Å². The van der Waals surface area contributed by atoms with Crippen LogP contribution in [0.15, 0.2) is 11.8 Å². The Morgan fingerprint density at radius 1 is 0.788 bits per heavy atom. The van der Waals surface area contributed by atoms with E-state index in [9.17, 15) is 44.2 Å². The largest absolute Gasteiger partial charge is 0.462 e. The van der Waals surface area contributed by atoms with Crippen molar-refractivity contribution in [2.75, 3.05) is 0 Å². The third kappa shape index (κ3) is 4.44. The number of carbonyl (C=O) groups is 6. The number of ether oxygens (including phenoxy) is 6. The van der Waals surface area contributed by atoms with Crippen LogP contribution < -0.4 is 0 Å². The van der Waals surface area contributed by atoms with E-state index in [4.69, 9.17) is 33.3 Å². The molecule has 2 aliphatic heterocycles. The molecule has 7 aliphatic rings. The van der Waals surface area contributed by atoms with Crippen molar-refractivity contribution in [1.82, 2.24) is 0 Å². The number of rotatable bonds is 5. The lowest BCUT2D eigenvalue weighted by Gasteiger charge is -2.65. The van der Waals surface area contributed by atoms with E-state index in [1.807, 2.05) is 0 Å². The van der Waals surface area contributed by atoms with Crippen LogP contribution in [-0.2, 0) is 62.1 Å². The van der Waals surface area contributed by atoms with Crippen molar-refractivity contribution in [2.24, 2.45) is 51.8 Å². The summed E-state index contributed by atoms with van der Waals surface area (Å²) < 4.78 is 36.0. The third-order valence-electron chi connectivity index (χ3n) is 14.2. The van der Waals surface area contributed by atoms with Gasteiger partial charge >= 0.3 is 29.8 Å². The molecular formula is C36H46O16. The van der Waals surface area contributed by atoms with E-state index in [-0.39, 0.29) is 12.2 Å². The van der Waals surface area contributed by atoms with Gasteiger partial charge in [-0.1, -0.05) is 13.8 Å². The Hall–Kier alpha value is -3.44. The average molecular weight is 735 g/mol. The molecule has 0 aromatic carbocycles. The molecule has 0 spiro atoms. The smallest absolute Gasteiger partial charge is 0.343 e. The average Bonchev–Trinajstić information content (AvgIpc) is 3.72. The first-order chi connectivity index (χ1) is 24.0. The van der Waals surface area contributed by atoms with Crippen LogP contribution in [0.3, 0.4) is 0 Å². The topological polar surface area (TPSA) is 231 Å². The summed E-state index contributed by atoms with van der Waals surface area (Å²) in [5, 5.41) is 35.0. The molecule has 2 heterocycles. The normalized spacial score (nSPS) is 52.2. The van der Waals surface area contributed by atoms with Gasteiger partial charge < -0.3 is 38.6 Å². The lowest BCUT2D eigenvalue weighted by Crippen LogP contribution is -2.75. The van der Waals surface area contributed by atoms with Gasteiger partial charge in [-0.15, -0.1) is 0 Å². The Morgan fingerprint density at radius 3 is 1.88 bits per heavy atom. The van der Waals surface area contributed by atoms with Gasteiger partial charge in [-0.3, -0.25) is 29.2 Å². The maximum absolute atomic E-state index is 14.6. The van der Waals surface area contributed by atoms with Crippen LogP contribution in [0, 0.1) is 51.8 Å². The van der Waals surface area contributed by atoms with Crippen molar-refractivity contribution in [2.45, 2.75) is 123 Å². The van der Waals surface area contributed by atoms with Crippen molar-refractivity contribution in [3.05, 3.63) is 11.8 Å². The molecular weight excluding hydrogens is 688 g/mol. The molecule has 52 heavy (non-hydrogen) atoms. The van der Waals surface area contributed by atoms with Gasteiger partial charge in [-0.25, -0.2) is 9.68 Å². The molecule has 3 N–H and O–H groups in total. The highest BCUT2D eigenvalue weighted by atomic mass is 17.1. The highest BCUT2D eigenvalue weighted by molar-refractivity contribution is 5.88. The molecule has 2 saturated heterocycles. The fourth-order valence-corrected chi connectivity index (χ4v) is 12.3. The van der Waals surface area contributed by atoms with Gasteiger partial charge in [0.2, 0.25) is 0 Å². The van der Waals surface area contributed by atoms with E-state index >= 15 is 0 Å². The molecule has 18 atom stereocenters. The first-order valence-corrected chi connectivity index (χ1v) is 17.6. The second kappa shape index (κ2) is 11.3. The summed E-state index contributed by atoms with van der Waals surface area (Å²) in [6.45, 7) is 12.3. The number of ketones is 1. The van der Waals surface area contributed by atoms with E-state index < -0.39 is 141 Å². The van der Waals surface area contributed by atoms with Crippen molar-refractivity contribution >= 4 is 35.6 Å². The fourth-order valence-electron chi connectivity index (χ4n) is 12.3. The first kappa shape index (κ1) is 36.9. The molecule has 4 saturated carbocycles. The molecule has 16 nitrogen and oxygen atoms in total. The van der Waals surface area contributed by atoms with E-state index in [0.29, 0.717) is 0 Å². The minimum absolute atomic E-state index is 0.0803. The third-order valence-corrected chi connectivity index (χ3v) is 14.2. The maximum Gasteiger partial charge on any atom is 0.343 e. The Morgan fingerprint density at radius 2 is 1.33 bits per heavy atom. The lowest BCUT2D eigenvalue weighted by molar-refractivity contribution is -0.343. The zero-order valence-corrected chi connectivity index (χ0v) is 30.4. The molecule has 16 heteroatoms. The van der Waals surface area contributed by atoms with E-state index in [2.05, 4.69) is 0 Å². The fraction of sp³-hybridized carbons (Fsp3) is 0.778. The van der Waals surface area contributed by atoms with Crippen molar-refractivity contribution in [3.63, 3.8) is 0 Å². The molecule has 0 radical (unpaired) electrons. The van der Waals surface area contributed by atoms with Crippen LogP contribution in [0.2, 0.25) is 0 Å². The van der Waals surface area contributed by atoms with Gasteiger partial charge in [0.1, 0.15) is 48.0 Å². The van der Waals surface area contributed by atoms with E-state index in [1.54, 1.807) is 20.8 Å². The summed E-state index contributed by atoms with van der Waals surface area (Å²) in [6.07, 6.45) is -6.72. The Kier molecular flexibility index (Phi) is 8.01. The lowest BCUT2D eigenvalue weighted by atomic mass is 9.41. The van der Waals surface area contributed by atoms with Gasteiger partial charge in [0, 0.05) is 74.0 Å². The summed E-state index contributed by atoms with van der Waals surface area (Å²) in [7, 11) is 0. The monoisotopic (exact) mass is 734 g/mol. The van der Waals surface area contributed by atoms with Crippen molar-refractivity contribution in [3.8, 4) is 0 Å². The number of aliphatic hydroxyl groups is 2. The van der Waals surface area contributed by atoms with E-state index in [1.165, 1.54) is 26.8 Å². The van der Waals surface area contributed by atoms with Crippen LogP contribution in [0.4, 0.5) is 0 Å². The number of fused-ring (bicyclic) bond motifs is 10. The van der Waals surface area contributed by atoms with Gasteiger partial charge in [-0.2, -0.15) is 0 Å². The summed E-state index contributed by atoms with van der Waals surface area (Å²) in [6, 6.07) is 0. The number of aliphatic hydroxyl groups excluding tert-OH is 1. The Balaban J connectivity index is 1.57. The van der Waals surface area contributed by atoms with Crippen LogP contribution >= 0.6 is 0 Å². The highest BCUT2D eigenvalue weighted by Gasteiger charge is 2.85. The van der Waals surface area contributed by atoms with Gasteiger partial charge in [0.25, 0.3) is 0 Å². The second-order valence-electron chi connectivity index (χ2n) is 16.8. The highest BCUT2D eigenvalue weighted by Crippen LogP contribution is 2.76. The summed E-state index contributed by atoms with van der Waals surface area (Å²) in [5.74, 6) is -11.7. The number of carbonyl (C=O) groups excluding carboxylic acids is 6. The quantitative estimate of drug-likeness (QED) is 0.118. The van der Waals surface area contributed by atoms with Crippen molar-refractivity contribution < 1.29 is 77.5 Å². The van der Waals surface area contributed by atoms with Crippen molar-refractivity contribution in [1.29, 1.82) is 0 Å². The SMILES string of the molecule is CC(=O)O[C@@H]1[C@H]2[C@H]3[C@H]([C@H](OC(C)=O)[C@H](OC(C)=O)[C@]2(C)[C@@H]2[C@@H]1[C@]1(C)C(=C[C@@]2(C)OO)OC(=O)[C@@]1(C)O)[C@]1(C)[C@H](C[C@@H]2O[C@@H]2[C@@H]1OC(C)=O)C(=O)[C@@H]3O. The molecule has 6 fully saturated rings. The zero-order valence-electron chi connectivity index (χ0n) is 30.4. The number of esters is 5. The van der Waals surface area contributed by atoms with Gasteiger partial charge in [-0.05, 0) is 33.3 Å². The standard InChI is InChI=1S/C36H46O16/c1-12(37)46-26-20-19-21(33(6)16(23(41)24(19)42)10-17-25(50-17)29(33)48-14(3)39)27(47-13(2)38)30(49-15(4)40)34(20,7)28-22(26)35(8)18(11-32(28,5)52-45)51-31(43)36(35,9)44/h11,16-17,19-22,24-30,42,44-45H,10H2,1-9H3/t16-,17+,19+,20-,21-,22-,24-,25+,26-,27+,28-,29+,30+,32-,33+,34+,35+,36-/m1/s1. The Bertz CT molecular complexity index is 1690. The number of Topliss-reactive ketones (excluding diaryl/α,β-unsaturated/α-hetero) is 1. The minimum atomic E-state index is -2.26. The molecule has 5 aliphatic carbocycles. The number of hydrogen-bond acceptors (Lipinski definition) is 16. The van der Waals surface area contributed by atoms with Gasteiger partial charge in [0.15, 0.2) is 11.4 Å². The molecule has 0 aromatic rings. The Labute approximate surface area is 299 Å². The van der Waals surface area contributed by atoms with E-state index in [0.717, 1.165) is 20.8 Å². The summed E-state index contributed by atoms with van der Waals surface area (Å²) in [4.78, 5) is 85.3. The molecule has 0 bridgehead atoms. The molecule has 0 unspecified atom stereocenters. The predicted octanol–water partition coefficient (Wildman–Crippen LogP) is 1.02. The maximum atomic E-state index is 14.6. The van der Waals surface area contributed by atoms with Crippen LogP contribution in [-0.4, -0.2) is 105 Å². The van der Waals surface area contributed by atoms with Gasteiger partial charge in [0.05, 0.1) is 11.5 Å². The number of epoxide rings is 1. The van der Waals surface area contributed by atoms with Crippen LogP contribution in [0.25, 0.3) is 0 Å². The minimum Gasteiger partial charge on any atom is -0.462 e. The zero-order chi connectivity index (χ0) is 38.4. The number of hydrogen-bond donors (Lipinski definition) is 3. The predicted molar refractivity (Wildman–Crippen MR) is 169 cm³/mol. The van der Waals surface area contributed by atoms with Crippen LogP contribution in [0.1, 0.15) is 68.7 Å². The molecule has 286 valence electrons. The molecule has 0 aromatic heterocycles. The molecule has 0 amide bonds. The second-order valence-corrected chi connectivity index (χ2v) is 16.8. The summed E-state index contributed by atoms with van der Waals surface area (Å²) in [5.41, 5.74) is -8.84. The first-order valence-electron chi connectivity index (χ1n) is 17.6. The molecule has 7 rings (SSSR count).